The number of phenols is 1. The van der Waals surface area contributed by atoms with Crippen LogP contribution in [-0.2, 0) is 0 Å². The molecule has 0 radical (unpaired) electrons. The first-order valence-corrected chi connectivity index (χ1v) is 5.69. The maximum atomic E-state index is 12.0. The summed E-state index contributed by atoms with van der Waals surface area (Å²) in [6.07, 6.45) is 0. The second kappa shape index (κ2) is 6.06. The van der Waals surface area contributed by atoms with Crippen molar-refractivity contribution in [2.75, 3.05) is 13.1 Å². The minimum Gasteiger partial charge on any atom is -0.507 e. The number of benzene rings is 1. The van der Waals surface area contributed by atoms with Gasteiger partial charge in [0.15, 0.2) is 0 Å². The Hall–Kier alpha value is -1.80. The molecular weight excluding hydrogens is 333 g/mol. The average molecular weight is 341 g/mol. The van der Waals surface area contributed by atoms with E-state index in [9.17, 15) is 9.90 Å². The van der Waals surface area contributed by atoms with Crippen LogP contribution in [0.15, 0.2) is 18.2 Å². The Balaban J connectivity index is 3.06. The summed E-state index contributed by atoms with van der Waals surface area (Å²) >= 11 is 2.01. The highest BCUT2D eigenvalue weighted by Gasteiger charge is 2.18. The third-order valence-electron chi connectivity index (χ3n) is 2.00. The van der Waals surface area contributed by atoms with Gasteiger partial charge in [-0.15, -0.1) is 0 Å². The monoisotopic (exact) mass is 341 g/mol. The van der Waals surface area contributed by atoms with E-state index in [2.05, 4.69) is 0 Å². The van der Waals surface area contributed by atoms with Crippen molar-refractivity contribution >= 4 is 28.5 Å². The molecule has 0 heterocycles. The van der Waals surface area contributed by atoms with E-state index in [0.29, 0.717) is 0 Å². The lowest BCUT2D eigenvalue weighted by molar-refractivity contribution is 0.0791. The van der Waals surface area contributed by atoms with Crippen molar-refractivity contribution in [1.29, 1.82) is 10.5 Å². The number of nitriles is 2. The number of amides is 1. The Morgan fingerprint density at radius 1 is 1.35 bits per heavy atom. The summed E-state index contributed by atoms with van der Waals surface area (Å²) < 4.78 is 0.789. The summed E-state index contributed by atoms with van der Waals surface area (Å²) in [7, 11) is 0. The summed E-state index contributed by atoms with van der Waals surface area (Å²) in [6, 6.07) is 8.20. The molecule has 0 aliphatic carbocycles. The second-order valence-corrected chi connectivity index (χ2v) is 4.38. The molecule has 0 aliphatic heterocycles. The van der Waals surface area contributed by atoms with Gasteiger partial charge in [-0.25, -0.2) is 0 Å². The van der Waals surface area contributed by atoms with Crippen LogP contribution in [0, 0.1) is 26.2 Å². The van der Waals surface area contributed by atoms with Crippen molar-refractivity contribution in [3.63, 3.8) is 0 Å². The lowest BCUT2D eigenvalue weighted by Gasteiger charge is -2.16. The summed E-state index contributed by atoms with van der Waals surface area (Å²) in [5, 5.41) is 26.7. The van der Waals surface area contributed by atoms with E-state index in [1.807, 2.05) is 34.7 Å². The smallest absolute Gasteiger partial charge is 0.259 e. The van der Waals surface area contributed by atoms with Gasteiger partial charge in [-0.05, 0) is 40.8 Å². The highest BCUT2D eigenvalue weighted by molar-refractivity contribution is 14.1. The van der Waals surface area contributed by atoms with Crippen molar-refractivity contribution in [2.24, 2.45) is 0 Å². The number of carbonyl (C=O) groups excluding carboxylic acids is 1. The predicted molar refractivity (Wildman–Crippen MR) is 68.0 cm³/mol. The molecule has 5 nitrogen and oxygen atoms in total. The third-order valence-corrected chi connectivity index (χ3v) is 2.67. The molecule has 0 aromatic heterocycles. The molecular formula is C11H8IN3O2. The zero-order valence-electron chi connectivity index (χ0n) is 8.72. The van der Waals surface area contributed by atoms with Crippen molar-refractivity contribution < 1.29 is 9.90 Å². The van der Waals surface area contributed by atoms with Crippen LogP contribution < -0.4 is 0 Å². The molecule has 6 heteroatoms. The molecule has 0 atom stereocenters. The summed E-state index contributed by atoms with van der Waals surface area (Å²) in [5.74, 6) is -0.680. The Labute approximate surface area is 112 Å². The number of halogens is 1. The van der Waals surface area contributed by atoms with Crippen molar-refractivity contribution in [3.05, 3.63) is 27.3 Å². The van der Waals surface area contributed by atoms with E-state index < -0.39 is 5.91 Å². The molecule has 0 spiro atoms. The summed E-state index contributed by atoms with van der Waals surface area (Å²) in [6.45, 7) is -0.366. The van der Waals surface area contributed by atoms with Crippen LogP contribution in [-0.4, -0.2) is 29.0 Å². The van der Waals surface area contributed by atoms with Gasteiger partial charge >= 0.3 is 0 Å². The number of nitrogens with zero attached hydrogens (tertiary/aromatic N) is 3. The number of rotatable bonds is 3. The first-order chi connectivity index (χ1) is 8.10. The lowest BCUT2D eigenvalue weighted by atomic mass is 10.1. The van der Waals surface area contributed by atoms with E-state index >= 15 is 0 Å². The quantitative estimate of drug-likeness (QED) is 0.666. The SMILES string of the molecule is N#CCN(CC#N)C(=O)c1cc(I)ccc1O. The molecule has 17 heavy (non-hydrogen) atoms. The summed E-state index contributed by atoms with van der Waals surface area (Å²) in [5.41, 5.74) is 0.0994. The van der Waals surface area contributed by atoms with Crippen LogP contribution in [0.3, 0.4) is 0 Å². The Morgan fingerprint density at radius 3 is 2.47 bits per heavy atom. The molecule has 86 valence electrons. The third kappa shape index (κ3) is 3.33. The van der Waals surface area contributed by atoms with Crippen LogP contribution in [0.4, 0.5) is 0 Å². The minimum atomic E-state index is -0.524. The molecule has 0 unspecified atom stereocenters. The van der Waals surface area contributed by atoms with E-state index in [0.717, 1.165) is 8.47 Å². The van der Waals surface area contributed by atoms with Gasteiger partial charge in [0, 0.05) is 3.57 Å². The van der Waals surface area contributed by atoms with Gasteiger partial charge in [0.1, 0.15) is 18.8 Å². The van der Waals surface area contributed by atoms with Crippen molar-refractivity contribution in [1.82, 2.24) is 4.90 Å². The largest absolute Gasteiger partial charge is 0.507 e. The van der Waals surface area contributed by atoms with Gasteiger partial charge in [0.2, 0.25) is 0 Å². The Morgan fingerprint density at radius 2 is 1.94 bits per heavy atom. The van der Waals surface area contributed by atoms with Crippen LogP contribution in [0.25, 0.3) is 0 Å². The number of aromatic hydroxyl groups is 1. The van der Waals surface area contributed by atoms with Gasteiger partial charge < -0.3 is 10.0 Å². The zero-order chi connectivity index (χ0) is 12.8. The van der Waals surface area contributed by atoms with Crippen LogP contribution in [0.5, 0.6) is 5.75 Å². The molecule has 1 aromatic rings. The molecule has 1 rings (SSSR count). The van der Waals surface area contributed by atoms with E-state index in [4.69, 9.17) is 10.5 Å². The Kier molecular flexibility index (Phi) is 4.73. The maximum Gasteiger partial charge on any atom is 0.259 e. The van der Waals surface area contributed by atoms with Gasteiger partial charge in [-0.1, -0.05) is 0 Å². The highest BCUT2D eigenvalue weighted by atomic mass is 127. The van der Waals surface area contributed by atoms with Crippen LogP contribution >= 0.6 is 22.6 Å². The molecule has 1 amide bonds. The number of hydrogen-bond donors (Lipinski definition) is 1. The number of carbonyl (C=O) groups is 1. The topological polar surface area (TPSA) is 88.1 Å². The molecule has 0 fully saturated rings. The van der Waals surface area contributed by atoms with E-state index in [1.54, 1.807) is 6.07 Å². The average Bonchev–Trinajstić information content (AvgIpc) is 2.31. The van der Waals surface area contributed by atoms with Crippen LogP contribution in [0.1, 0.15) is 10.4 Å². The maximum absolute atomic E-state index is 12.0. The summed E-state index contributed by atoms with van der Waals surface area (Å²) in [4.78, 5) is 13.0. The van der Waals surface area contributed by atoms with Gasteiger partial charge in [-0.2, -0.15) is 10.5 Å². The van der Waals surface area contributed by atoms with Gasteiger partial charge in [-0.3, -0.25) is 4.79 Å². The molecule has 1 aromatic carbocycles. The first kappa shape index (κ1) is 13.3. The molecule has 0 aliphatic rings. The van der Waals surface area contributed by atoms with Crippen LogP contribution in [0.2, 0.25) is 0 Å². The normalized spacial score (nSPS) is 9.12. The molecule has 0 saturated carbocycles. The number of hydrogen-bond acceptors (Lipinski definition) is 4. The first-order valence-electron chi connectivity index (χ1n) is 4.62. The minimum absolute atomic E-state index is 0.0994. The van der Waals surface area contributed by atoms with Gasteiger partial charge in [0.25, 0.3) is 5.91 Å². The van der Waals surface area contributed by atoms with Crippen molar-refractivity contribution in [3.8, 4) is 17.9 Å². The van der Waals surface area contributed by atoms with Crippen molar-refractivity contribution in [2.45, 2.75) is 0 Å². The molecule has 1 N–H and O–H groups in total. The zero-order valence-corrected chi connectivity index (χ0v) is 10.9. The fourth-order valence-corrected chi connectivity index (χ4v) is 1.71. The molecule has 0 saturated heterocycles. The lowest BCUT2D eigenvalue weighted by Crippen LogP contribution is -2.31. The standard InChI is InChI=1S/C11H8IN3O2/c12-8-1-2-10(16)9(7-8)11(17)15(5-3-13)6-4-14/h1-2,7,16H,5-6H2. The fourth-order valence-electron chi connectivity index (χ4n) is 1.22. The van der Waals surface area contributed by atoms with E-state index in [-0.39, 0.29) is 24.4 Å². The second-order valence-electron chi connectivity index (χ2n) is 3.14. The highest BCUT2D eigenvalue weighted by Crippen LogP contribution is 2.21. The Bertz CT molecular complexity index is 500. The predicted octanol–water partition coefficient (Wildman–Crippen LogP) is 1.49. The molecule has 0 bridgehead atoms. The number of phenolic OH excluding ortho intramolecular Hbond substituents is 1. The van der Waals surface area contributed by atoms with Gasteiger partial charge in [0.05, 0.1) is 17.7 Å². The fraction of sp³-hybridized carbons (Fsp3) is 0.182. The van der Waals surface area contributed by atoms with E-state index in [1.165, 1.54) is 12.1 Å².